The number of aliphatic carboxylic acids is 1. The van der Waals surface area contributed by atoms with Crippen molar-refractivity contribution in [1.29, 1.82) is 0 Å². The molecule has 1 saturated carbocycles. The fourth-order valence-corrected chi connectivity index (χ4v) is 6.01. The molecule has 3 aromatic rings. The average molecular weight is 551 g/mol. The van der Waals surface area contributed by atoms with Gasteiger partial charge in [-0.25, -0.2) is 4.98 Å². The number of pyridine rings is 1. The molecule has 3 N–H and O–H groups in total. The Bertz CT molecular complexity index is 1400. The predicted octanol–water partition coefficient (Wildman–Crippen LogP) is 6.40. The van der Waals surface area contributed by atoms with Gasteiger partial charge in [-0.05, 0) is 81.9 Å². The number of fused-ring (bicyclic) bond motifs is 1. The van der Waals surface area contributed by atoms with Gasteiger partial charge >= 0.3 is 5.97 Å². The van der Waals surface area contributed by atoms with Gasteiger partial charge in [0.2, 0.25) is 5.91 Å². The minimum atomic E-state index is -0.750. The summed E-state index contributed by atoms with van der Waals surface area (Å²) >= 11 is 6.62. The third-order valence-corrected chi connectivity index (χ3v) is 8.56. The summed E-state index contributed by atoms with van der Waals surface area (Å²) in [7, 11) is 0. The van der Waals surface area contributed by atoms with Crippen molar-refractivity contribution in [3.63, 3.8) is 0 Å². The van der Waals surface area contributed by atoms with Gasteiger partial charge in [-0.2, -0.15) is 4.98 Å². The summed E-state index contributed by atoms with van der Waals surface area (Å²) in [4.78, 5) is 35.4. The van der Waals surface area contributed by atoms with Crippen molar-refractivity contribution in [3.8, 4) is 17.3 Å². The maximum atomic E-state index is 11.6. The molecule has 1 unspecified atom stereocenters. The summed E-state index contributed by atoms with van der Waals surface area (Å²) in [6, 6.07) is 10.7. The van der Waals surface area contributed by atoms with E-state index in [0.717, 1.165) is 56.1 Å². The van der Waals surface area contributed by atoms with Crippen LogP contribution in [0, 0.1) is 11.3 Å². The molecule has 0 radical (unpaired) electrons. The van der Waals surface area contributed by atoms with E-state index in [-0.39, 0.29) is 24.0 Å². The molecule has 0 aliphatic heterocycles. The van der Waals surface area contributed by atoms with Crippen LogP contribution in [0.2, 0.25) is 5.02 Å². The lowest BCUT2D eigenvalue weighted by Gasteiger charge is -2.36. The van der Waals surface area contributed by atoms with Gasteiger partial charge in [-0.1, -0.05) is 41.9 Å². The lowest BCUT2D eigenvalue weighted by molar-refractivity contribution is -0.151. The van der Waals surface area contributed by atoms with E-state index in [1.165, 1.54) is 5.57 Å². The van der Waals surface area contributed by atoms with Gasteiger partial charge in [-0.15, -0.1) is 0 Å². The van der Waals surface area contributed by atoms with Crippen LogP contribution >= 0.6 is 11.6 Å². The molecule has 2 aliphatic rings. The number of rotatable bonds is 7. The number of imidazole rings is 1. The second-order valence-corrected chi connectivity index (χ2v) is 11.7. The molecule has 0 saturated heterocycles. The van der Waals surface area contributed by atoms with E-state index in [1.807, 2.05) is 18.2 Å². The first kappa shape index (κ1) is 27.2. The van der Waals surface area contributed by atoms with Crippen molar-refractivity contribution >= 4 is 40.2 Å². The Morgan fingerprint density at radius 2 is 1.77 bits per heavy atom. The number of carbonyl (C=O) groups is 2. The number of ether oxygens (including phenoxy) is 1. The van der Waals surface area contributed by atoms with Gasteiger partial charge in [0.15, 0.2) is 5.65 Å². The highest BCUT2D eigenvalue weighted by Crippen LogP contribution is 2.39. The second kappa shape index (κ2) is 11.0. The van der Waals surface area contributed by atoms with E-state index >= 15 is 0 Å². The number of benzene rings is 1. The summed E-state index contributed by atoms with van der Waals surface area (Å²) in [5.41, 5.74) is 4.52. The zero-order valence-corrected chi connectivity index (χ0v) is 23.3. The second-order valence-electron chi connectivity index (χ2n) is 11.3. The van der Waals surface area contributed by atoms with Gasteiger partial charge in [0.25, 0.3) is 6.01 Å². The third-order valence-electron chi connectivity index (χ3n) is 8.28. The summed E-state index contributed by atoms with van der Waals surface area (Å²) in [5.74, 6) is -0.599. The Kier molecular flexibility index (Phi) is 7.67. The molecule has 0 bridgehead atoms. The molecule has 1 atom stereocenters. The maximum Gasteiger partial charge on any atom is 0.309 e. The van der Waals surface area contributed by atoms with Crippen molar-refractivity contribution in [1.82, 2.24) is 20.3 Å². The minimum Gasteiger partial charge on any atom is -0.481 e. The molecule has 0 spiro atoms. The monoisotopic (exact) mass is 550 g/mol. The predicted molar refractivity (Wildman–Crippen MR) is 152 cm³/mol. The summed E-state index contributed by atoms with van der Waals surface area (Å²) in [6.07, 6.45) is 8.07. The van der Waals surface area contributed by atoms with Crippen LogP contribution in [0.25, 0.3) is 28.0 Å². The molecule has 2 aliphatic carbocycles. The quantitative estimate of drug-likeness (QED) is 0.313. The van der Waals surface area contributed by atoms with Crippen LogP contribution in [0.5, 0.6) is 6.01 Å². The zero-order chi connectivity index (χ0) is 27.7. The van der Waals surface area contributed by atoms with Crippen molar-refractivity contribution in [2.75, 3.05) is 0 Å². The summed E-state index contributed by atoms with van der Waals surface area (Å²) < 4.78 is 6.13. The first-order chi connectivity index (χ1) is 18.6. The number of halogens is 1. The molecular formula is C30H35ClN4O4. The number of amides is 1. The number of aromatic nitrogens is 3. The maximum absolute atomic E-state index is 11.6. The molecule has 206 valence electrons. The smallest absolute Gasteiger partial charge is 0.309 e. The van der Waals surface area contributed by atoms with Gasteiger partial charge in [0, 0.05) is 18.5 Å². The Labute approximate surface area is 233 Å². The minimum absolute atomic E-state index is 0.0161. The number of nitrogens with one attached hydrogen (secondary N) is 2. The lowest BCUT2D eigenvalue weighted by atomic mass is 9.70. The Hall–Kier alpha value is -3.39. The van der Waals surface area contributed by atoms with Crippen LogP contribution in [-0.4, -0.2) is 44.1 Å². The highest BCUT2D eigenvalue weighted by atomic mass is 35.5. The Morgan fingerprint density at radius 1 is 1.08 bits per heavy atom. The van der Waals surface area contributed by atoms with Crippen molar-refractivity contribution in [3.05, 3.63) is 47.0 Å². The zero-order valence-electron chi connectivity index (χ0n) is 22.6. The van der Waals surface area contributed by atoms with Crippen molar-refractivity contribution < 1.29 is 19.4 Å². The number of aromatic amines is 1. The van der Waals surface area contributed by atoms with Crippen LogP contribution in [0.1, 0.15) is 71.3 Å². The van der Waals surface area contributed by atoms with Crippen LogP contribution in [-0.2, 0) is 9.59 Å². The molecule has 39 heavy (non-hydrogen) atoms. The van der Waals surface area contributed by atoms with Crippen LogP contribution in [0.15, 0.2) is 36.4 Å². The van der Waals surface area contributed by atoms with E-state index in [0.29, 0.717) is 27.9 Å². The number of carbonyl (C=O) groups excluding carboxylic acids is 1. The van der Waals surface area contributed by atoms with Crippen LogP contribution in [0.4, 0.5) is 0 Å². The molecule has 1 amide bonds. The highest BCUT2D eigenvalue weighted by Gasteiger charge is 2.39. The first-order valence-corrected chi connectivity index (χ1v) is 14.0. The largest absolute Gasteiger partial charge is 0.481 e. The number of carboxylic acid groups (broad SMARTS) is 1. The van der Waals surface area contributed by atoms with E-state index in [4.69, 9.17) is 21.3 Å². The van der Waals surface area contributed by atoms with Gasteiger partial charge in [-0.3, -0.25) is 9.59 Å². The molecule has 1 fully saturated rings. The Balaban J connectivity index is 1.26. The number of hydrogen-bond donors (Lipinski definition) is 3. The fourth-order valence-electron chi connectivity index (χ4n) is 5.75. The van der Waals surface area contributed by atoms with Crippen LogP contribution in [0.3, 0.4) is 0 Å². The normalized spacial score (nSPS) is 21.8. The van der Waals surface area contributed by atoms with Gasteiger partial charge in [0.05, 0.1) is 21.6 Å². The SMILES string of the molecule is CC(=O)NC1CC=C(c2ccc(-c3nc4nc(O[C@H]5CC[C@H](C(C)(C)C(=O)O)CC5)[nH]c4cc3Cl)cc2)CC1. The number of carboxylic acids is 1. The molecular weight excluding hydrogens is 516 g/mol. The van der Waals surface area contributed by atoms with Crippen LogP contribution < -0.4 is 10.1 Å². The molecule has 2 heterocycles. The van der Waals surface area contributed by atoms with Gasteiger partial charge < -0.3 is 20.1 Å². The van der Waals surface area contributed by atoms with E-state index < -0.39 is 11.4 Å². The van der Waals surface area contributed by atoms with E-state index in [9.17, 15) is 14.7 Å². The molecule has 8 nitrogen and oxygen atoms in total. The van der Waals surface area contributed by atoms with Gasteiger partial charge in [0.1, 0.15) is 6.10 Å². The number of allylic oxidation sites excluding steroid dienone is 1. The van der Waals surface area contributed by atoms with Crippen molar-refractivity contribution in [2.24, 2.45) is 11.3 Å². The first-order valence-electron chi connectivity index (χ1n) is 13.6. The number of nitrogens with zero attached hydrogens (tertiary/aromatic N) is 2. The fraction of sp³-hybridized carbons (Fsp3) is 0.467. The molecule has 1 aromatic carbocycles. The topological polar surface area (TPSA) is 117 Å². The summed E-state index contributed by atoms with van der Waals surface area (Å²) in [6.45, 7) is 5.17. The standard InChI is InChI=1S/C30H35ClN4O4/c1-17(36)32-22-12-8-19(9-13-22)18-4-6-20(7-5-18)26-24(31)16-25-27(34-26)35-29(33-25)39-23-14-10-21(11-15-23)30(2,3)28(37)38/h4-8,16,21-23H,9-15H2,1-3H3,(H,32,36)(H,37,38)(H,33,34,35)/t21-,22?,23-. The number of H-pyrrole nitrogens is 1. The lowest BCUT2D eigenvalue weighted by Crippen LogP contribution is -2.37. The number of hydrogen-bond acceptors (Lipinski definition) is 5. The van der Waals surface area contributed by atoms with E-state index in [2.05, 4.69) is 33.5 Å². The third kappa shape index (κ3) is 5.96. The molecule has 2 aromatic heterocycles. The highest BCUT2D eigenvalue weighted by molar-refractivity contribution is 6.33. The summed E-state index contributed by atoms with van der Waals surface area (Å²) in [5, 5.41) is 13.1. The van der Waals surface area contributed by atoms with Crippen molar-refractivity contribution in [2.45, 2.75) is 77.9 Å². The molecule has 5 rings (SSSR count). The average Bonchev–Trinajstić information content (AvgIpc) is 3.29. The Morgan fingerprint density at radius 3 is 2.38 bits per heavy atom. The van der Waals surface area contributed by atoms with E-state index in [1.54, 1.807) is 20.8 Å². The molecule has 9 heteroatoms.